The molecule has 3 heterocycles. The van der Waals surface area contributed by atoms with Crippen LogP contribution in [0.3, 0.4) is 0 Å². The molecule has 0 aliphatic heterocycles. The zero-order valence-electron chi connectivity index (χ0n) is 20.2. The van der Waals surface area contributed by atoms with Crippen molar-refractivity contribution < 1.29 is 4.42 Å². The van der Waals surface area contributed by atoms with E-state index in [9.17, 15) is 0 Å². The van der Waals surface area contributed by atoms with Crippen molar-refractivity contribution in [2.24, 2.45) is 14.1 Å². The fourth-order valence-corrected chi connectivity index (χ4v) is 6.25. The molecule has 0 N–H and O–H groups in total. The van der Waals surface area contributed by atoms with Crippen molar-refractivity contribution in [3.8, 4) is 0 Å². The largest absolute Gasteiger partial charge is 0.456 e. The molecule has 8 aromatic rings. The topological polar surface area (TPSA) is 23.0 Å². The van der Waals surface area contributed by atoms with E-state index < -0.39 is 0 Å². The molecule has 36 heavy (non-hydrogen) atoms. The highest BCUT2D eigenvalue weighted by molar-refractivity contribution is 6.23. The Bertz CT molecular complexity index is 2150. The van der Waals surface area contributed by atoms with E-state index in [0.29, 0.717) is 0 Å². The molecule has 0 amide bonds. The standard InChI is InChI=1S/C33H24N2O/c1-34-27-9-5-3-7-22(27)25-18-20(11-14-28(25)34)17-21-12-15-29-26(19-21)23-13-16-31-32(33(23)35(29)2)24-8-4-6-10-30(24)36-31/h3-16,18-19H,17H2,1-2H3. The fraction of sp³-hybridized carbons (Fsp3) is 0.0909. The highest BCUT2D eigenvalue weighted by atomic mass is 16.3. The zero-order chi connectivity index (χ0) is 24.0. The van der Waals surface area contributed by atoms with Crippen molar-refractivity contribution in [1.82, 2.24) is 9.13 Å². The number of hydrogen-bond acceptors (Lipinski definition) is 1. The normalized spacial score (nSPS) is 12.3. The molecular formula is C33H24N2O. The van der Waals surface area contributed by atoms with Gasteiger partial charge in [0.05, 0.1) is 10.9 Å². The average Bonchev–Trinajstić information content (AvgIpc) is 3.52. The summed E-state index contributed by atoms with van der Waals surface area (Å²) < 4.78 is 10.8. The summed E-state index contributed by atoms with van der Waals surface area (Å²) in [5.41, 5.74) is 9.58. The number of nitrogens with zero attached hydrogens (tertiary/aromatic N) is 2. The summed E-state index contributed by atoms with van der Waals surface area (Å²) in [6.45, 7) is 0. The number of benzene rings is 5. The lowest BCUT2D eigenvalue weighted by molar-refractivity contribution is 0.669. The molecule has 0 fully saturated rings. The average molecular weight is 465 g/mol. The first-order valence-electron chi connectivity index (χ1n) is 12.4. The molecule has 5 aromatic carbocycles. The Morgan fingerprint density at radius 2 is 1.17 bits per heavy atom. The van der Waals surface area contributed by atoms with Crippen LogP contribution in [0.15, 0.2) is 101 Å². The molecule has 172 valence electrons. The summed E-state index contributed by atoms with van der Waals surface area (Å²) >= 11 is 0. The van der Waals surface area contributed by atoms with Crippen LogP contribution in [0.25, 0.3) is 65.6 Å². The first-order valence-corrected chi connectivity index (χ1v) is 12.4. The summed E-state index contributed by atoms with van der Waals surface area (Å²) in [5.74, 6) is 0. The number of furan rings is 1. The number of rotatable bonds is 2. The van der Waals surface area contributed by atoms with Gasteiger partial charge in [0.15, 0.2) is 0 Å². The van der Waals surface area contributed by atoms with Gasteiger partial charge in [-0.1, -0.05) is 48.5 Å². The highest BCUT2D eigenvalue weighted by Crippen LogP contribution is 2.39. The van der Waals surface area contributed by atoms with Crippen molar-refractivity contribution in [3.05, 3.63) is 108 Å². The zero-order valence-corrected chi connectivity index (χ0v) is 20.2. The maximum absolute atomic E-state index is 6.17. The van der Waals surface area contributed by atoms with Crippen molar-refractivity contribution in [2.75, 3.05) is 0 Å². The maximum atomic E-state index is 6.17. The Balaban J connectivity index is 1.30. The van der Waals surface area contributed by atoms with Gasteiger partial charge in [-0.15, -0.1) is 0 Å². The molecule has 3 nitrogen and oxygen atoms in total. The van der Waals surface area contributed by atoms with E-state index in [1.807, 2.05) is 6.07 Å². The van der Waals surface area contributed by atoms with Crippen molar-refractivity contribution in [1.29, 1.82) is 0 Å². The van der Waals surface area contributed by atoms with Crippen LogP contribution in [0.2, 0.25) is 0 Å². The molecule has 0 radical (unpaired) electrons. The number of para-hydroxylation sites is 2. The van der Waals surface area contributed by atoms with Gasteiger partial charge in [-0.3, -0.25) is 0 Å². The van der Waals surface area contributed by atoms with Crippen LogP contribution >= 0.6 is 0 Å². The van der Waals surface area contributed by atoms with Gasteiger partial charge in [-0.25, -0.2) is 0 Å². The third kappa shape index (κ3) is 2.57. The van der Waals surface area contributed by atoms with Crippen molar-refractivity contribution in [3.63, 3.8) is 0 Å². The van der Waals surface area contributed by atoms with E-state index in [0.717, 1.165) is 17.6 Å². The van der Waals surface area contributed by atoms with Crippen molar-refractivity contribution >= 4 is 65.6 Å². The summed E-state index contributed by atoms with van der Waals surface area (Å²) in [6.07, 6.45) is 0.905. The van der Waals surface area contributed by atoms with Gasteiger partial charge in [0.1, 0.15) is 11.2 Å². The number of hydrogen-bond donors (Lipinski definition) is 0. The van der Waals surface area contributed by atoms with Crippen LogP contribution in [0.4, 0.5) is 0 Å². The molecule has 8 rings (SSSR count). The second-order valence-electron chi connectivity index (χ2n) is 9.95. The molecule has 0 unspecified atom stereocenters. The fourth-order valence-electron chi connectivity index (χ4n) is 6.25. The second-order valence-corrected chi connectivity index (χ2v) is 9.95. The Hall–Kier alpha value is -4.50. The molecule has 0 saturated heterocycles. The predicted molar refractivity (Wildman–Crippen MR) is 151 cm³/mol. The molecule has 3 aromatic heterocycles. The van der Waals surface area contributed by atoms with E-state index >= 15 is 0 Å². The molecule has 0 aliphatic carbocycles. The van der Waals surface area contributed by atoms with E-state index in [4.69, 9.17) is 4.42 Å². The first-order chi connectivity index (χ1) is 17.7. The molecule has 0 saturated carbocycles. The molecule has 0 aliphatic rings. The van der Waals surface area contributed by atoms with Gasteiger partial charge < -0.3 is 13.6 Å². The van der Waals surface area contributed by atoms with Crippen molar-refractivity contribution in [2.45, 2.75) is 6.42 Å². The minimum Gasteiger partial charge on any atom is -0.456 e. The SMILES string of the molecule is Cn1c2ccccc2c2cc(Cc3ccc4c(c3)c3ccc5oc6ccccc6c5c3n4C)ccc21. The second kappa shape index (κ2) is 7.02. The number of aryl methyl sites for hydroxylation is 2. The van der Waals surface area contributed by atoms with Gasteiger partial charge in [0.25, 0.3) is 0 Å². The van der Waals surface area contributed by atoms with Gasteiger partial charge in [-0.2, -0.15) is 0 Å². The van der Waals surface area contributed by atoms with Gasteiger partial charge >= 0.3 is 0 Å². The predicted octanol–water partition coefficient (Wildman–Crippen LogP) is 8.47. The van der Waals surface area contributed by atoms with Gasteiger partial charge in [0.2, 0.25) is 0 Å². The third-order valence-corrected chi connectivity index (χ3v) is 7.95. The van der Waals surface area contributed by atoms with Crippen LogP contribution in [0.5, 0.6) is 0 Å². The van der Waals surface area contributed by atoms with E-state index in [-0.39, 0.29) is 0 Å². The van der Waals surface area contributed by atoms with E-state index in [1.165, 1.54) is 65.5 Å². The third-order valence-electron chi connectivity index (χ3n) is 7.95. The smallest absolute Gasteiger partial charge is 0.137 e. The summed E-state index contributed by atoms with van der Waals surface area (Å²) in [5, 5.41) is 7.59. The first kappa shape index (κ1) is 19.8. The Morgan fingerprint density at radius 1 is 0.528 bits per heavy atom. The van der Waals surface area contributed by atoms with Crippen LogP contribution in [0, 0.1) is 0 Å². The Kier molecular flexibility index (Phi) is 3.85. The quantitative estimate of drug-likeness (QED) is 0.252. The van der Waals surface area contributed by atoms with Gasteiger partial charge in [0, 0.05) is 57.6 Å². The summed E-state index contributed by atoms with van der Waals surface area (Å²) in [6, 6.07) is 35.2. The Labute approximate surface area is 207 Å². The summed E-state index contributed by atoms with van der Waals surface area (Å²) in [4.78, 5) is 0. The number of fused-ring (bicyclic) bond motifs is 10. The Morgan fingerprint density at radius 3 is 1.97 bits per heavy atom. The summed E-state index contributed by atoms with van der Waals surface area (Å²) in [7, 11) is 4.32. The molecular weight excluding hydrogens is 440 g/mol. The van der Waals surface area contributed by atoms with Crippen LogP contribution in [0.1, 0.15) is 11.1 Å². The molecule has 0 spiro atoms. The lowest BCUT2D eigenvalue weighted by Gasteiger charge is -2.05. The minimum absolute atomic E-state index is 0.905. The minimum atomic E-state index is 0.905. The molecule has 0 bridgehead atoms. The number of aromatic nitrogens is 2. The van der Waals surface area contributed by atoms with Gasteiger partial charge in [-0.05, 0) is 66.1 Å². The van der Waals surface area contributed by atoms with E-state index in [1.54, 1.807) is 0 Å². The lowest BCUT2D eigenvalue weighted by atomic mass is 10.0. The van der Waals surface area contributed by atoms with Crippen LogP contribution in [-0.4, -0.2) is 9.13 Å². The lowest BCUT2D eigenvalue weighted by Crippen LogP contribution is -1.91. The molecule has 0 atom stereocenters. The monoisotopic (exact) mass is 464 g/mol. The van der Waals surface area contributed by atoms with Crippen LogP contribution < -0.4 is 0 Å². The van der Waals surface area contributed by atoms with Crippen LogP contribution in [-0.2, 0) is 20.5 Å². The van der Waals surface area contributed by atoms with E-state index in [2.05, 4.69) is 114 Å². The maximum Gasteiger partial charge on any atom is 0.137 e. The highest BCUT2D eigenvalue weighted by Gasteiger charge is 2.17. The molecule has 3 heteroatoms.